The van der Waals surface area contributed by atoms with E-state index in [0.717, 1.165) is 17.1 Å². The molecule has 2 heteroatoms. The maximum Gasteiger partial charge on any atom is 0.00280 e. The average Bonchev–Trinajstić information content (AvgIpc) is 2.24. The maximum atomic E-state index is 3.63. The molecule has 1 rings (SSSR count). The summed E-state index contributed by atoms with van der Waals surface area (Å²) >= 11 is 1.97. The van der Waals surface area contributed by atoms with Crippen LogP contribution in [0.1, 0.15) is 46.0 Å². The van der Waals surface area contributed by atoms with Gasteiger partial charge in [0.15, 0.2) is 0 Å². The molecule has 0 radical (unpaired) electrons. The van der Waals surface area contributed by atoms with Gasteiger partial charge in [0.1, 0.15) is 0 Å². The first-order valence-corrected chi connectivity index (χ1v) is 7.74. The molecule has 1 aliphatic rings. The Labute approximate surface area is 99.8 Å². The first-order valence-electron chi connectivity index (χ1n) is 6.46. The predicted octanol–water partition coefficient (Wildman–Crippen LogP) is 3.54. The van der Waals surface area contributed by atoms with E-state index in [0.29, 0.717) is 0 Å². The van der Waals surface area contributed by atoms with Crippen molar-refractivity contribution in [2.24, 2.45) is 11.8 Å². The van der Waals surface area contributed by atoms with Crippen LogP contribution in [-0.2, 0) is 0 Å². The third-order valence-corrected chi connectivity index (χ3v) is 4.65. The van der Waals surface area contributed by atoms with E-state index in [4.69, 9.17) is 0 Å². The lowest BCUT2D eigenvalue weighted by Crippen LogP contribution is -2.28. The number of nitrogens with one attached hydrogen (secondary N) is 1. The van der Waals surface area contributed by atoms with Crippen LogP contribution in [0.15, 0.2) is 0 Å². The van der Waals surface area contributed by atoms with Crippen LogP contribution in [0.3, 0.4) is 0 Å². The van der Waals surface area contributed by atoms with Gasteiger partial charge in [-0.25, -0.2) is 0 Å². The van der Waals surface area contributed by atoms with Gasteiger partial charge in [-0.3, -0.25) is 0 Å². The fourth-order valence-corrected chi connectivity index (χ4v) is 2.83. The summed E-state index contributed by atoms with van der Waals surface area (Å²) in [5.74, 6) is 1.93. The number of rotatable bonds is 6. The molecule has 0 aromatic rings. The van der Waals surface area contributed by atoms with Crippen LogP contribution in [-0.4, -0.2) is 24.6 Å². The van der Waals surface area contributed by atoms with Gasteiger partial charge in [-0.1, -0.05) is 26.7 Å². The zero-order chi connectivity index (χ0) is 11.1. The minimum atomic E-state index is 0.808. The monoisotopic (exact) mass is 229 g/mol. The standard InChI is InChI=1S/C13H27NS/c1-11-5-4-6-13(9-11)10-14-8-7-12(2)15-3/h11-14H,4-10H2,1-3H3. The van der Waals surface area contributed by atoms with Crippen LogP contribution < -0.4 is 5.32 Å². The normalized spacial score (nSPS) is 29.0. The molecule has 3 unspecified atom stereocenters. The highest BCUT2D eigenvalue weighted by atomic mass is 32.2. The summed E-state index contributed by atoms with van der Waals surface area (Å²) in [4.78, 5) is 0. The third-order valence-electron chi connectivity index (χ3n) is 3.61. The van der Waals surface area contributed by atoms with E-state index in [9.17, 15) is 0 Å². The van der Waals surface area contributed by atoms with Gasteiger partial charge in [0.2, 0.25) is 0 Å². The minimum absolute atomic E-state index is 0.808. The first kappa shape index (κ1) is 13.4. The molecular weight excluding hydrogens is 202 g/mol. The van der Waals surface area contributed by atoms with Crippen LogP contribution in [0.4, 0.5) is 0 Å². The Morgan fingerprint density at radius 2 is 2.20 bits per heavy atom. The van der Waals surface area contributed by atoms with E-state index < -0.39 is 0 Å². The highest BCUT2D eigenvalue weighted by Gasteiger charge is 2.18. The second-order valence-electron chi connectivity index (χ2n) is 5.18. The van der Waals surface area contributed by atoms with Gasteiger partial charge in [-0.15, -0.1) is 0 Å². The smallest absolute Gasteiger partial charge is 0.00280 e. The second kappa shape index (κ2) is 7.56. The number of thioether (sulfide) groups is 1. The van der Waals surface area contributed by atoms with Crippen molar-refractivity contribution >= 4 is 11.8 Å². The van der Waals surface area contributed by atoms with Crippen molar-refractivity contribution in [2.75, 3.05) is 19.3 Å². The number of hydrogen-bond donors (Lipinski definition) is 1. The molecule has 15 heavy (non-hydrogen) atoms. The van der Waals surface area contributed by atoms with Gasteiger partial charge in [0.05, 0.1) is 0 Å². The fraction of sp³-hybridized carbons (Fsp3) is 1.00. The first-order chi connectivity index (χ1) is 7.22. The quantitative estimate of drug-likeness (QED) is 0.699. The molecule has 0 saturated heterocycles. The van der Waals surface area contributed by atoms with Crippen LogP contribution in [0.2, 0.25) is 0 Å². The third kappa shape index (κ3) is 5.82. The summed E-state index contributed by atoms with van der Waals surface area (Å²) in [6.07, 6.45) is 9.33. The lowest BCUT2D eigenvalue weighted by molar-refractivity contribution is 0.274. The van der Waals surface area contributed by atoms with E-state index in [-0.39, 0.29) is 0 Å². The van der Waals surface area contributed by atoms with Gasteiger partial charge in [-0.2, -0.15) is 11.8 Å². The second-order valence-corrected chi connectivity index (χ2v) is 6.45. The molecule has 1 N–H and O–H groups in total. The van der Waals surface area contributed by atoms with Gasteiger partial charge < -0.3 is 5.32 Å². The summed E-state index contributed by atoms with van der Waals surface area (Å²) in [7, 11) is 0. The van der Waals surface area contributed by atoms with Crippen LogP contribution in [0.25, 0.3) is 0 Å². The largest absolute Gasteiger partial charge is 0.316 e. The topological polar surface area (TPSA) is 12.0 Å². The average molecular weight is 229 g/mol. The molecule has 0 amide bonds. The van der Waals surface area contributed by atoms with Crippen molar-refractivity contribution < 1.29 is 0 Å². The van der Waals surface area contributed by atoms with E-state index in [1.54, 1.807) is 0 Å². The van der Waals surface area contributed by atoms with E-state index >= 15 is 0 Å². The molecule has 1 fully saturated rings. The molecular formula is C13H27NS. The fourth-order valence-electron chi connectivity index (χ4n) is 2.47. The lowest BCUT2D eigenvalue weighted by Gasteiger charge is -2.27. The van der Waals surface area contributed by atoms with Crippen molar-refractivity contribution in [3.63, 3.8) is 0 Å². The van der Waals surface area contributed by atoms with Crippen molar-refractivity contribution in [3.8, 4) is 0 Å². The molecule has 0 bridgehead atoms. The summed E-state index contributed by atoms with van der Waals surface area (Å²) in [5, 5.41) is 4.44. The molecule has 0 aliphatic heterocycles. The predicted molar refractivity (Wildman–Crippen MR) is 71.6 cm³/mol. The van der Waals surface area contributed by atoms with E-state index in [1.165, 1.54) is 45.2 Å². The Morgan fingerprint density at radius 1 is 1.40 bits per heavy atom. The zero-order valence-electron chi connectivity index (χ0n) is 10.6. The summed E-state index contributed by atoms with van der Waals surface area (Å²) in [6, 6.07) is 0. The Bertz CT molecular complexity index is 161. The molecule has 90 valence electrons. The van der Waals surface area contributed by atoms with E-state index in [2.05, 4.69) is 25.4 Å². The van der Waals surface area contributed by atoms with Gasteiger partial charge in [0.25, 0.3) is 0 Å². The van der Waals surface area contributed by atoms with Crippen LogP contribution in [0, 0.1) is 11.8 Å². The molecule has 0 spiro atoms. The molecule has 0 heterocycles. The molecule has 1 saturated carbocycles. The van der Waals surface area contributed by atoms with Gasteiger partial charge >= 0.3 is 0 Å². The van der Waals surface area contributed by atoms with Crippen molar-refractivity contribution in [3.05, 3.63) is 0 Å². The van der Waals surface area contributed by atoms with Crippen LogP contribution >= 0.6 is 11.8 Å². The highest BCUT2D eigenvalue weighted by Crippen LogP contribution is 2.27. The Hall–Kier alpha value is 0.310. The molecule has 1 nitrogen and oxygen atoms in total. The lowest BCUT2D eigenvalue weighted by atomic mass is 9.82. The zero-order valence-corrected chi connectivity index (χ0v) is 11.4. The summed E-state index contributed by atoms with van der Waals surface area (Å²) in [6.45, 7) is 7.18. The Morgan fingerprint density at radius 3 is 2.87 bits per heavy atom. The molecule has 3 atom stereocenters. The summed E-state index contributed by atoms with van der Waals surface area (Å²) < 4.78 is 0. The SMILES string of the molecule is CSC(C)CCNCC1CCCC(C)C1. The molecule has 1 aliphatic carbocycles. The number of hydrogen-bond acceptors (Lipinski definition) is 2. The summed E-state index contributed by atoms with van der Waals surface area (Å²) in [5.41, 5.74) is 0. The van der Waals surface area contributed by atoms with Gasteiger partial charge in [0, 0.05) is 5.25 Å². The molecule has 0 aromatic carbocycles. The van der Waals surface area contributed by atoms with E-state index in [1.807, 2.05) is 11.8 Å². The van der Waals surface area contributed by atoms with Crippen LogP contribution in [0.5, 0.6) is 0 Å². The Kier molecular flexibility index (Phi) is 6.74. The maximum absolute atomic E-state index is 3.63. The van der Waals surface area contributed by atoms with Crippen molar-refractivity contribution in [2.45, 2.75) is 51.2 Å². The van der Waals surface area contributed by atoms with Gasteiger partial charge in [-0.05, 0) is 50.4 Å². The molecule has 0 aromatic heterocycles. The highest BCUT2D eigenvalue weighted by molar-refractivity contribution is 7.99. The minimum Gasteiger partial charge on any atom is -0.316 e. The van der Waals surface area contributed by atoms with Crippen molar-refractivity contribution in [1.82, 2.24) is 5.32 Å². The van der Waals surface area contributed by atoms with Crippen molar-refractivity contribution in [1.29, 1.82) is 0 Å². The Balaban J connectivity index is 1.99.